The van der Waals surface area contributed by atoms with Crippen molar-refractivity contribution in [3.63, 3.8) is 0 Å². The first-order chi connectivity index (χ1) is 9.38. The van der Waals surface area contributed by atoms with E-state index in [4.69, 9.17) is 5.73 Å². The van der Waals surface area contributed by atoms with Crippen LogP contribution in [0.3, 0.4) is 0 Å². The predicted molar refractivity (Wildman–Crippen MR) is 68.9 cm³/mol. The van der Waals surface area contributed by atoms with Gasteiger partial charge in [0.15, 0.2) is 0 Å². The minimum atomic E-state index is -1.00. The Balaban J connectivity index is 2.05. The van der Waals surface area contributed by atoms with Crippen LogP contribution < -0.4 is 11.1 Å². The van der Waals surface area contributed by atoms with Gasteiger partial charge in [-0.1, -0.05) is 0 Å². The second-order valence-corrected chi connectivity index (χ2v) is 4.86. The van der Waals surface area contributed by atoms with Crippen LogP contribution in [0.4, 0.5) is 14.5 Å². The van der Waals surface area contributed by atoms with Gasteiger partial charge in [0.2, 0.25) is 5.91 Å². The Bertz CT molecular complexity index is 559. The Labute approximate surface area is 114 Å². The molecule has 2 amide bonds. The molecule has 2 rings (SSSR count). The maximum absolute atomic E-state index is 13.6. The minimum Gasteiger partial charge on any atom is -0.396 e. The number of hydrogen-bond donors (Lipinski definition) is 2. The summed E-state index contributed by atoms with van der Waals surface area (Å²) in [6, 6.07) is 1.67. The monoisotopic (exact) mass is 283 g/mol. The molecule has 0 aromatic heterocycles. The van der Waals surface area contributed by atoms with E-state index < -0.39 is 17.5 Å². The highest BCUT2D eigenvalue weighted by molar-refractivity contribution is 5.97. The van der Waals surface area contributed by atoms with E-state index >= 15 is 0 Å². The predicted octanol–water partition coefficient (Wildman–Crippen LogP) is 0.898. The molecule has 0 saturated heterocycles. The van der Waals surface area contributed by atoms with Crippen molar-refractivity contribution in [2.75, 3.05) is 19.3 Å². The van der Waals surface area contributed by atoms with Crippen molar-refractivity contribution in [3.8, 4) is 0 Å². The first-order valence-corrected chi connectivity index (χ1v) is 6.18. The van der Waals surface area contributed by atoms with Crippen LogP contribution >= 0.6 is 0 Å². The van der Waals surface area contributed by atoms with E-state index in [1.54, 1.807) is 0 Å². The lowest BCUT2D eigenvalue weighted by atomic mass is 10.1. The molecule has 1 aromatic carbocycles. The highest BCUT2D eigenvalue weighted by atomic mass is 19.1. The molecule has 0 atom stereocenters. The average Bonchev–Trinajstić information content (AvgIpc) is 3.16. The second kappa shape index (κ2) is 5.44. The van der Waals surface area contributed by atoms with Gasteiger partial charge in [0.05, 0.1) is 17.8 Å². The molecule has 0 aliphatic heterocycles. The zero-order valence-electron chi connectivity index (χ0n) is 11.0. The summed E-state index contributed by atoms with van der Waals surface area (Å²) in [4.78, 5) is 24.6. The highest BCUT2D eigenvalue weighted by Crippen LogP contribution is 2.19. The maximum Gasteiger partial charge on any atom is 0.257 e. The summed E-state index contributed by atoms with van der Waals surface area (Å²) in [7, 11) is 1.37. The quantitative estimate of drug-likeness (QED) is 0.806. The number of benzene rings is 1. The molecule has 3 N–H and O–H groups in total. The molecule has 20 heavy (non-hydrogen) atoms. The summed E-state index contributed by atoms with van der Waals surface area (Å²) in [5, 5.41) is 2.71. The van der Waals surface area contributed by atoms with Crippen molar-refractivity contribution in [1.29, 1.82) is 0 Å². The number of nitrogens with one attached hydrogen (secondary N) is 1. The van der Waals surface area contributed by atoms with Gasteiger partial charge in [-0.15, -0.1) is 0 Å². The smallest absolute Gasteiger partial charge is 0.257 e. The molecule has 0 bridgehead atoms. The van der Waals surface area contributed by atoms with Crippen LogP contribution in [0.5, 0.6) is 0 Å². The van der Waals surface area contributed by atoms with E-state index in [1.807, 2.05) is 0 Å². The van der Waals surface area contributed by atoms with Gasteiger partial charge in [0.1, 0.15) is 11.6 Å². The Morgan fingerprint density at radius 1 is 1.35 bits per heavy atom. The first-order valence-electron chi connectivity index (χ1n) is 6.18. The second-order valence-electron chi connectivity index (χ2n) is 4.86. The minimum absolute atomic E-state index is 0.184. The van der Waals surface area contributed by atoms with Crippen LogP contribution in [0.15, 0.2) is 12.1 Å². The van der Waals surface area contributed by atoms with Gasteiger partial charge in [-0.3, -0.25) is 9.59 Å². The number of carbonyl (C=O) groups excluding carboxylic acids is 2. The van der Waals surface area contributed by atoms with Gasteiger partial charge in [0, 0.05) is 19.2 Å². The first kappa shape index (κ1) is 14.2. The van der Waals surface area contributed by atoms with Gasteiger partial charge in [-0.2, -0.15) is 0 Å². The summed E-state index contributed by atoms with van der Waals surface area (Å²) < 4.78 is 26.6. The van der Waals surface area contributed by atoms with Gasteiger partial charge in [-0.05, 0) is 18.9 Å². The number of nitrogen functional groups attached to an aromatic ring is 1. The molecule has 1 fully saturated rings. The molecule has 0 spiro atoms. The number of likely N-dealkylation sites (N-methyl/N-ethyl adjacent to an activating group) is 1. The Morgan fingerprint density at radius 3 is 2.60 bits per heavy atom. The molecule has 1 aliphatic rings. The topological polar surface area (TPSA) is 75.4 Å². The van der Waals surface area contributed by atoms with Crippen molar-refractivity contribution < 1.29 is 18.4 Å². The van der Waals surface area contributed by atoms with Gasteiger partial charge < -0.3 is 16.0 Å². The summed E-state index contributed by atoms with van der Waals surface area (Å²) >= 11 is 0. The van der Waals surface area contributed by atoms with Crippen molar-refractivity contribution >= 4 is 17.5 Å². The number of rotatable bonds is 4. The molecule has 1 saturated carbocycles. The fourth-order valence-electron chi connectivity index (χ4n) is 1.72. The average molecular weight is 283 g/mol. The van der Waals surface area contributed by atoms with Crippen LogP contribution in [-0.2, 0) is 4.79 Å². The molecule has 108 valence electrons. The fourth-order valence-corrected chi connectivity index (χ4v) is 1.72. The van der Waals surface area contributed by atoms with Crippen LogP contribution in [0.25, 0.3) is 0 Å². The molecule has 5 nitrogen and oxygen atoms in total. The number of halogens is 2. The van der Waals surface area contributed by atoms with E-state index in [2.05, 4.69) is 5.32 Å². The van der Waals surface area contributed by atoms with Crippen LogP contribution in [0.1, 0.15) is 23.2 Å². The number of anilines is 1. The van der Waals surface area contributed by atoms with E-state index in [0.29, 0.717) is 6.07 Å². The van der Waals surface area contributed by atoms with Crippen molar-refractivity contribution in [1.82, 2.24) is 10.2 Å². The molecular formula is C13H15F2N3O2. The largest absolute Gasteiger partial charge is 0.396 e. The van der Waals surface area contributed by atoms with E-state index in [0.717, 1.165) is 23.8 Å². The molecule has 1 aliphatic carbocycles. The van der Waals surface area contributed by atoms with Crippen LogP contribution in [0, 0.1) is 11.6 Å². The van der Waals surface area contributed by atoms with Gasteiger partial charge in [-0.25, -0.2) is 8.78 Å². The Kier molecular flexibility index (Phi) is 3.87. The normalized spacial score (nSPS) is 13.9. The number of amides is 2. The van der Waals surface area contributed by atoms with E-state index in [9.17, 15) is 18.4 Å². The summed E-state index contributed by atoms with van der Waals surface area (Å²) in [6.45, 7) is -0.188. The molecule has 0 unspecified atom stereocenters. The number of nitrogens with zero attached hydrogens (tertiary/aromatic N) is 1. The molecule has 0 radical (unpaired) electrons. The lowest BCUT2D eigenvalue weighted by Crippen LogP contribution is -2.39. The van der Waals surface area contributed by atoms with Crippen molar-refractivity contribution in [3.05, 3.63) is 29.3 Å². The zero-order valence-corrected chi connectivity index (χ0v) is 11.0. The van der Waals surface area contributed by atoms with Crippen molar-refractivity contribution in [2.24, 2.45) is 0 Å². The Morgan fingerprint density at radius 2 is 2.00 bits per heavy atom. The number of hydrogen-bond acceptors (Lipinski definition) is 3. The van der Waals surface area contributed by atoms with E-state index in [-0.39, 0.29) is 29.7 Å². The van der Waals surface area contributed by atoms with Gasteiger partial charge >= 0.3 is 0 Å². The van der Waals surface area contributed by atoms with Gasteiger partial charge in [0.25, 0.3) is 5.91 Å². The summed E-state index contributed by atoms with van der Waals surface area (Å²) in [5.41, 5.74) is 4.64. The van der Waals surface area contributed by atoms with E-state index in [1.165, 1.54) is 7.05 Å². The SMILES string of the molecule is CN(CC(=O)NC1CC1)C(=O)c1cc(N)c(F)cc1F. The number of carbonyl (C=O) groups is 2. The summed E-state index contributed by atoms with van der Waals surface area (Å²) in [5.74, 6) is -2.96. The van der Waals surface area contributed by atoms with Crippen molar-refractivity contribution in [2.45, 2.75) is 18.9 Å². The molecular weight excluding hydrogens is 268 g/mol. The third-order valence-corrected chi connectivity index (χ3v) is 2.99. The zero-order chi connectivity index (χ0) is 14.9. The standard InChI is InChI=1S/C13H15F2N3O2/c1-18(6-12(19)17-7-2-3-7)13(20)8-4-11(16)10(15)5-9(8)14/h4-5,7H,2-3,6,16H2,1H3,(H,17,19). The number of nitrogens with two attached hydrogens (primary N) is 1. The van der Waals surface area contributed by atoms with Crippen LogP contribution in [0.2, 0.25) is 0 Å². The fraction of sp³-hybridized carbons (Fsp3) is 0.385. The molecule has 1 aromatic rings. The maximum atomic E-state index is 13.6. The molecule has 0 heterocycles. The third-order valence-electron chi connectivity index (χ3n) is 2.99. The molecule has 7 heteroatoms. The lowest BCUT2D eigenvalue weighted by Gasteiger charge is -2.17. The lowest BCUT2D eigenvalue weighted by molar-refractivity contribution is -0.121. The Hall–Kier alpha value is -2.18. The highest BCUT2D eigenvalue weighted by Gasteiger charge is 2.25. The summed E-state index contributed by atoms with van der Waals surface area (Å²) in [6.07, 6.45) is 1.87. The third kappa shape index (κ3) is 3.23. The van der Waals surface area contributed by atoms with Crippen LogP contribution in [-0.4, -0.2) is 36.3 Å².